The molecule has 0 spiro atoms. The van der Waals surface area contributed by atoms with Gasteiger partial charge in [-0.2, -0.15) is 0 Å². The van der Waals surface area contributed by atoms with Crippen molar-refractivity contribution in [3.63, 3.8) is 0 Å². The van der Waals surface area contributed by atoms with Crippen LogP contribution in [0.5, 0.6) is 0 Å². The number of piperidine rings is 1. The monoisotopic (exact) mass is 452 g/mol. The molecule has 0 aromatic rings. The van der Waals surface area contributed by atoms with E-state index in [4.69, 9.17) is 14.0 Å². The van der Waals surface area contributed by atoms with Crippen LogP contribution in [-0.2, 0) is 18.8 Å². The molecule has 2 heterocycles. The minimum atomic E-state index is -0.490. The average Bonchev–Trinajstić information content (AvgIpc) is 2.83. The van der Waals surface area contributed by atoms with Gasteiger partial charge >= 0.3 is 13.2 Å². The van der Waals surface area contributed by atoms with Crippen LogP contribution in [0.1, 0.15) is 94.4 Å². The number of ether oxygens (including phenoxy) is 1. The summed E-state index contributed by atoms with van der Waals surface area (Å²) in [7, 11) is -0.177. The van der Waals surface area contributed by atoms with Crippen molar-refractivity contribution in [2.24, 2.45) is 5.92 Å². The van der Waals surface area contributed by atoms with E-state index in [0.717, 1.165) is 38.4 Å². The zero-order valence-corrected chi connectivity index (χ0v) is 21.8. The Hall–Kier alpha value is -1.28. The first-order valence-corrected chi connectivity index (χ1v) is 12.2. The number of rotatable bonds is 7. The highest BCUT2D eigenvalue weighted by Crippen LogP contribution is 2.39. The van der Waals surface area contributed by atoms with E-state index in [1.165, 1.54) is 0 Å². The van der Waals surface area contributed by atoms with E-state index < -0.39 is 5.60 Å². The number of carbonyl (C=O) groups is 2. The second kappa shape index (κ2) is 9.92. The molecular weight excluding hydrogens is 407 g/mol. The minimum Gasteiger partial charge on any atom is -0.444 e. The number of carbonyl (C=O) groups excluding carboxylic acids is 2. The van der Waals surface area contributed by atoms with Crippen LogP contribution >= 0.6 is 0 Å². The van der Waals surface area contributed by atoms with Crippen LogP contribution in [0.25, 0.3) is 0 Å². The van der Waals surface area contributed by atoms with Crippen molar-refractivity contribution < 1.29 is 23.6 Å². The van der Waals surface area contributed by atoms with Gasteiger partial charge in [-0.25, -0.2) is 4.79 Å². The van der Waals surface area contributed by atoms with Crippen LogP contribution in [0.15, 0.2) is 0 Å². The number of nitrogens with one attached hydrogen (secondary N) is 1. The summed E-state index contributed by atoms with van der Waals surface area (Å²) in [6.07, 6.45) is 5.15. The van der Waals surface area contributed by atoms with Crippen LogP contribution in [0.4, 0.5) is 4.79 Å². The summed E-state index contributed by atoms with van der Waals surface area (Å²) in [5, 5.41) is 3.23. The zero-order chi connectivity index (χ0) is 24.4. The van der Waals surface area contributed by atoms with Crippen molar-refractivity contribution in [3.8, 4) is 0 Å². The Morgan fingerprint density at radius 1 is 1.03 bits per heavy atom. The molecule has 8 heteroatoms. The molecule has 2 saturated heterocycles. The molecule has 0 aromatic carbocycles. The molecule has 2 aliphatic rings. The molecule has 2 rings (SSSR count). The Balaban J connectivity index is 1.86. The van der Waals surface area contributed by atoms with Gasteiger partial charge in [0.05, 0.1) is 11.2 Å². The first-order chi connectivity index (χ1) is 14.5. The van der Waals surface area contributed by atoms with E-state index in [1.807, 2.05) is 20.8 Å². The summed E-state index contributed by atoms with van der Waals surface area (Å²) >= 11 is 0. The SMILES string of the molecule is CC(=O)NC(C)(CCCCB1OC(C)(C)C(C)(C)O1)C1CCN(C(=O)OC(C)(C)C)CC1. The molecule has 184 valence electrons. The molecule has 0 saturated carbocycles. The third-order valence-electron chi connectivity index (χ3n) is 7.20. The summed E-state index contributed by atoms with van der Waals surface area (Å²) in [6, 6.07) is 0. The van der Waals surface area contributed by atoms with Gasteiger partial charge in [-0.1, -0.05) is 12.8 Å². The molecule has 32 heavy (non-hydrogen) atoms. The topological polar surface area (TPSA) is 77.1 Å². The Kier molecular flexibility index (Phi) is 8.36. The second-order valence-corrected chi connectivity index (χ2v) is 11.8. The highest BCUT2D eigenvalue weighted by Gasteiger charge is 2.50. The van der Waals surface area contributed by atoms with Gasteiger partial charge in [-0.15, -0.1) is 0 Å². The van der Waals surface area contributed by atoms with Gasteiger partial charge in [0.25, 0.3) is 0 Å². The predicted molar refractivity (Wildman–Crippen MR) is 127 cm³/mol. The highest BCUT2D eigenvalue weighted by atomic mass is 16.7. The van der Waals surface area contributed by atoms with Gasteiger partial charge in [-0.3, -0.25) is 4.79 Å². The molecular formula is C24H45BN2O5. The maximum Gasteiger partial charge on any atom is 0.457 e. The maximum atomic E-state index is 12.4. The van der Waals surface area contributed by atoms with E-state index in [2.05, 4.69) is 39.9 Å². The van der Waals surface area contributed by atoms with E-state index in [-0.39, 0.29) is 35.9 Å². The van der Waals surface area contributed by atoms with Gasteiger partial charge < -0.3 is 24.3 Å². The lowest BCUT2D eigenvalue weighted by molar-refractivity contribution is -0.121. The van der Waals surface area contributed by atoms with E-state index in [0.29, 0.717) is 19.0 Å². The van der Waals surface area contributed by atoms with Gasteiger partial charge in [0.15, 0.2) is 0 Å². The summed E-state index contributed by atoms with van der Waals surface area (Å²) < 4.78 is 17.7. The molecule has 0 aromatic heterocycles. The van der Waals surface area contributed by atoms with Crippen molar-refractivity contribution >= 4 is 19.1 Å². The van der Waals surface area contributed by atoms with Gasteiger partial charge in [0, 0.05) is 25.6 Å². The standard InChI is InChI=1S/C24H45BN2O5/c1-18(28)26-24(9,14-10-11-15-25-31-22(5,6)23(7,8)32-25)19-12-16-27(17-13-19)20(29)30-21(2,3)4/h19H,10-17H2,1-9H3,(H,26,28). The Morgan fingerprint density at radius 3 is 2.03 bits per heavy atom. The van der Waals surface area contributed by atoms with Crippen molar-refractivity contribution in [1.82, 2.24) is 10.2 Å². The number of amides is 2. The average molecular weight is 452 g/mol. The maximum absolute atomic E-state index is 12.4. The lowest BCUT2D eigenvalue weighted by Gasteiger charge is -2.43. The summed E-state index contributed by atoms with van der Waals surface area (Å²) in [5.41, 5.74) is -1.38. The number of hydrogen-bond acceptors (Lipinski definition) is 5. The van der Waals surface area contributed by atoms with Crippen molar-refractivity contribution in [3.05, 3.63) is 0 Å². The number of likely N-dealkylation sites (tertiary alicyclic amines) is 1. The lowest BCUT2D eigenvalue weighted by Crippen LogP contribution is -2.54. The summed E-state index contributed by atoms with van der Waals surface area (Å²) in [4.78, 5) is 26.2. The van der Waals surface area contributed by atoms with Gasteiger partial charge in [0.1, 0.15) is 5.60 Å². The fraction of sp³-hybridized carbons (Fsp3) is 0.917. The fourth-order valence-electron chi connectivity index (χ4n) is 4.68. The first-order valence-electron chi connectivity index (χ1n) is 12.2. The molecule has 2 amide bonds. The Morgan fingerprint density at radius 2 is 1.56 bits per heavy atom. The van der Waals surface area contributed by atoms with Crippen LogP contribution < -0.4 is 5.32 Å². The van der Waals surface area contributed by atoms with Crippen molar-refractivity contribution in [2.45, 2.75) is 123 Å². The molecule has 2 fully saturated rings. The molecule has 1 unspecified atom stereocenters. The fourth-order valence-corrected chi connectivity index (χ4v) is 4.68. The van der Waals surface area contributed by atoms with Crippen molar-refractivity contribution in [1.29, 1.82) is 0 Å². The van der Waals surface area contributed by atoms with Gasteiger partial charge in [-0.05, 0) is 86.9 Å². The molecule has 0 aliphatic carbocycles. The molecule has 1 atom stereocenters. The third-order valence-corrected chi connectivity index (χ3v) is 7.20. The predicted octanol–water partition coefficient (Wildman–Crippen LogP) is 4.79. The lowest BCUT2D eigenvalue weighted by atomic mass is 9.74. The van der Waals surface area contributed by atoms with E-state index in [9.17, 15) is 9.59 Å². The van der Waals surface area contributed by atoms with E-state index >= 15 is 0 Å². The largest absolute Gasteiger partial charge is 0.457 e. The van der Waals surface area contributed by atoms with Crippen LogP contribution in [-0.4, -0.2) is 59.5 Å². The molecule has 2 aliphatic heterocycles. The first kappa shape index (κ1) is 27.0. The second-order valence-electron chi connectivity index (χ2n) is 11.8. The van der Waals surface area contributed by atoms with Crippen LogP contribution in [0, 0.1) is 5.92 Å². The van der Waals surface area contributed by atoms with Crippen LogP contribution in [0.3, 0.4) is 0 Å². The highest BCUT2D eigenvalue weighted by molar-refractivity contribution is 6.45. The normalized spacial score (nSPS) is 23.0. The van der Waals surface area contributed by atoms with Crippen LogP contribution in [0.2, 0.25) is 6.32 Å². The smallest absolute Gasteiger partial charge is 0.444 e. The number of hydrogen-bond donors (Lipinski definition) is 1. The summed E-state index contributed by atoms with van der Waals surface area (Å²) in [5.74, 6) is 0.315. The quantitative estimate of drug-likeness (QED) is 0.444. The third kappa shape index (κ3) is 7.11. The molecule has 7 nitrogen and oxygen atoms in total. The molecule has 0 bridgehead atoms. The minimum absolute atomic E-state index is 0.00645. The Bertz CT molecular complexity index is 652. The Labute approximate surface area is 195 Å². The summed E-state index contributed by atoms with van der Waals surface area (Å²) in [6.45, 7) is 19.0. The van der Waals surface area contributed by atoms with Gasteiger partial charge in [0.2, 0.25) is 5.91 Å². The zero-order valence-electron chi connectivity index (χ0n) is 21.8. The van der Waals surface area contributed by atoms with Crippen molar-refractivity contribution in [2.75, 3.05) is 13.1 Å². The number of nitrogens with zero attached hydrogens (tertiary/aromatic N) is 1. The molecule has 0 radical (unpaired) electrons. The molecule has 1 N–H and O–H groups in total. The van der Waals surface area contributed by atoms with E-state index in [1.54, 1.807) is 11.8 Å². The number of unbranched alkanes of at least 4 members (excludes halogenated alkanes) is 1.